The van der Waals surface area contributed by atoms with Crippen molar-refractivity contribution in [2.75, 3.05) is 5.88 Å². The van der Waals surface area contributed by atoms with E-state index in [1.807, 2.05) is 0 Å². The minimum atomic E-state index is 0. The summed E-state index contributed by atoms with van der Waals surface area (Å²) in [4.78, 5) is 0. The summed E-state index contributed by atoms with van der Waals surface area (Å²) in [6, 6.07) is 0. The third-order valence-electron chi connectivity index (χ3n) is 0.737. The number of rotatable bonds is 3. The van der Waals surface area contributed by atoms with Gasteiger partial charge in [0.05, 0.1) is 0 Å². The first-order valence-electron chi connectivity index (χ1n) is 2.47. The topological polar surface area (TPSA) is 0 Å². The summed E-state index contributed by atoms with van der Waals surface area (Å²) < 4.78 is 0. The van der Waals surface area contributed by atoms with Crippen molar-refractivity contribution in [1.29, 1.82) is 0 Å². The zero-order chi connectivity index (χ0) is 4.83. The average Bonchev–Trinajstić information content (AvgIpc) is 1.61. The molecule has 0 nitrogen and oxygen atoms in total. The molecule has 7 heavy (non-hydrogen) atoms. The Labute approximate surface area is 63.4 Å². The van der Waals surface area contributed by atoms with Crippen molar-refractivity contribution in [3.8, 4) is 0 Å². The Kier molecular flexibility index (Phi) is 15.5. The second-order valence-corrected chi connectivity index (χ2v) is 1.77. The van der Waals surface area contributed by atoms with Crippen LogP contribution < -0.4 is 0 Å². The Morgan fingerprint density at radius 3 is 2.00 bits per heavy atom. The Bertz CT molecular complexity index is 20.0. The van der Waals surface area contributed by atoms with Crippen LogP contribution in [0.1, 0.15) is 26.2 Å². The summed E-state index contributed by atoms with van der Waals surface area (Å²) in [5, 5.41) is 0. The molecular formula is C5H11ClZn. The Morgan fingerprint density at radius 1 is 1.29 bits per heavy atom. The SMILES string of the molecule is CCCCCCl.[Zn]. The minimum Gasteiger partial charge on any atom is -0.127 e. The molecule has 0 aliphatic carbocycles. The van der Waals surface area contributed by atoms with Gasteiger partial charge in [0.1, 0.15) is 0 Å². The van der Waals surface area contributed by atoms with Gasteiger partial charge < -0.3 is 0 Å². The molecule has 40 valence electrons. The van der Waals surface area contributed by atoms with Crippen molar-refractivity contribution >= 4 is 11.6 Å². The van der Waals surface area contributed by atoms with Gasteiger partial charge in [0, 0.05) is 25.4 Å². The summed E-state index contributed by atoms with van der Waals surface area (Å²) in [5.41, 5.74) is 0. The Balaban J connectivity index is 0. The third kappa shape index (κ3) is 10.9. The second kappa shape index (κ2) is 10.0. The average molecular weight is 172 g/mol. The van der Waals surface area contributed by atoms with Crippen molar-refractivity contribution in [3.63, 3.8) is 0 Å². The van der Waals surface area contributed by atoms with Crippen molar-refractivity contribution < 1.29 is 19.5 Å². The molecule has 0 aliphatic rings. The van der Waals surface area contributed by atoms with E-state index in [-0.39, 0.29) is 19.5 Å². The maximum absolute atomic E-state index is 5.38. The first-order chi connectivity index (χ1) is 2.91. The molecule has 0 aromatic heterocycles. The van der Waals surface area contributed by atoms with E-state index in [9.17, 15) is 0 Å². The summed E-state index contributed by atoms with van der Waals surface area (Å²) in [6.45, 7) is 2.17. The molecule has 0 aromatic rings. The predicted octanol–water partition coefficient (Wildman–Crippen LogP) is 2.41. The number of halogens is 1. The molecule has 2 heteroatoms. The van der Waals surface area contributed by atoms with Crippen molar-refractivity contribution in [2.24, 2.45) is 0 Å². The molecular weight excluding hydrogens is 161 g/mol. The smallest absolute Gasteiger partial charge is 0.0223 e. The third-order valence-corrected chi connectivity index (χ3v) is 1.00. The second-order valence-electron chi connectivity index (χ2n) is 1.40. The normalized spacial score (nSPS) is 7.71. The zero-order valence-electron chi connectivity index (χ0n) is 4.91. The molecule has 0 saturated carbocycles. The first-order valence-corrected chi connectivity index (χ1v) is 3.01. The van der Waals surface area contributed by atoms with Crippen molar-refractivity contribution in [1.82, 2.24) is 0 Å². The van der Waals surface area contributed by atoms with E-state index < -0.39 is 0 Å². The maximum atomic E-state index is 5.38. The van der Waals surface area contributed by atoms with Gasteiger partial charge in [-0.25, -0.2) is 0 Å². The Hall–Kier alpha value is 0.913. The standard InChI is InChI=1S/C5H11Cl.Zn/c1-2-3-4-5-6;/h2-5H2,1H3;. The van der Waals surface area contributed by atoms with Gasteiger partial charge >= 0.3 is 0 Å². The van der Waals surface area contributed by atoms with Crippen LogP contribution in [0.25, 0.3) is 0 Å². The number of unbranched alkanes of at least 4 members (excludes halogenated alkanes) is 2. The molecule has 0 bridgehead atoms. The van der Waals surface area contributed by atoms with Crippen LogP contribution in [-0.4, -0.2) is 5.88 Å². The van der Waals surface area contributed by atoms with Gasteiger partial charge in [-0.2, -0.15) is 0 Å². The fourth-order valence-corrected chi connectivity index (χ4v) is 0.533. The van der Waals surface area contributed by atoms with Crippen LogP contribution in [0.2, 0.25) is 0 Å². The molecule has 0 rings (SSSR count). The van der Waals surface area contributed by atoms with Gasteiger partial charge in [0.15, 0.2) is 0 Å². The molecule has 0 aliphatic heterocycles. The van der Waals surface area contributed by atoms with Crippen LogP contribution >= 0.6 is 11.6 Å². The molecule has 0 radical (unpaired) electrons. The van der Waals surface area contributed by atoms with E-state index in [4.69, 9.17) is 11.6 Å². The van der Waals surface area contributed by atoms with Crippen LogP contribution in [-0.2, 0) is 19.5 Å². The summed E-state index contributed by atoms with van der Waals surface area (Å²) >= 11 is 5.38. The molecule has 0 N–H and O–H groups in total. The zero-order valence-corrected chi connectivity index (χ0v) is 8.64. The largest absolute Gasteiger partial charge is 0.127 e. The summed E-state index contributed by atoms with van der Waals surface area (Å²) in [7, 11) is 0. The fourth-order valence-electron chi connectivity index (χ4n) is 0.344. The van der Waals surface area contributed by atoms with E-state index in [0.29, 0.717) is 0 Å². The van der Waals surface area contributed by atoms with E-state index >= 15 is 0 Å². The van der Waals surface area contributed by atoms with Gasteiger partial charge in [-0.15, -0.1) is 11.6 Å². The molecule has 0 fully saturated rings. The van der Waals surface area contributed by atoms with Gasteiger partial charge in [-0.3, -0.25) is 0 Å². The van der Waals surface area contributed by atoms with Gasteiger partial charge in [-0.05, 0) is 6.42 Å². The molecule has 0 aromatic carbocycles. The van der Waals surface area contributed by atoms with E-state index in [1.54, 1.807) is 0 Å². The monoisotopic (exact) mass is 170 g/mol. The van der Waals surface area contributed by atoms with Crippen LogP contribution in [0.3, 0.4) is 0 Å². The van der Waals surface area contributed by atoms with E-state index in [0.717, 1.165) is 5.88 Å². The molecule has 0 spiro atoms. The van der Waals surface area contributed by atoms with Gasteiger partial charge in [0.25, 0.3) is 0 Å². The maximum Gasteiger partial charge on any atom is 0.0223 e. The van der Waals surface area contributed by atoms with E-state index in [2.05, 4.69) is 6.92 Å². The van der Waals surface area contributed by atoms with Crippen LogP contribution in [0.15, 0.2) is 0 Å². The van der Waals surface area contributed by atoms with Gasteiger partial charge in [0.2, 0.25) is 0 Å². The quantitative estimate of drug-likeness (QED) is 0.348. The molecule has 0 heterocycles. The first kappa shape index (κ1) is 10.8. The number of alkyl halides is 1. The minimum absolute atomic E-state index is 0. The summed E-state index contributed by atoms with van der Waals surface area (Å²) in [6.07, 6.45) is 3.73. The van der Waals surface area contributed by atoms with Crippen LogP contribution in [0.4, 0.5) is 0 Å². The fraction of sp³-hybridized carbons (Fsp3) is 1.00. The molecule has 0 saturated heterocycles. The Morgan fingerprint density at radius 2 is 1.86 bits per heavy atom. The van der Waals surface area contributed by atoms with Crippen molar-refractivity contribution in [2.45, 2.75) is 26.2 Å². The number of hydrogen-bond donors (Lipinski definition) is 0. The van der Waals surface area contributed by atoms with E-state index in [1.165, 1.54) is 19.3 Å². The molecule has 0 atom stereocenters. The van der Waals surface area contributed by atoms with Crippen LogP contribution in [0, 0.1) is 0 Å². The van der Waals surface area contributed by atoms with Crippen molar-refractivity contribution in [3.05, 3.63) is 0 Å². The number of hydrogen-bond acceptors (Lipinski definition) is 0. The molecule has 0 amide bonds. The summed E-state index contributed by atoms with van der Waals surface area (Å²) in [5.74, 6) is 0.827. The molecule has 0 unspecified atom stereocenters. The predicted molar refractivity (Wildman–Crippen MR) is 30.2 cm³/mol. The van der Waals surface area contributed by atoms with Crippen LogP contribution in [0.5, 0.6) is 0 Å². The van der Waals surface area contributed by atoms with Gasteiger partial charge in [-0.1, -0.05) is 19.8 Å².